The highest BCUT2D eigenvalue weighted by molar-refractivity contribution is 6.07. The normalized spacial score (nSPS) is 16.7. The van der Waals surface area contributed by atoms with Gasteiger partial charge in [0.1, 0.15) is 0 Å². The van der Waals surface area contributed by atoms with Crippen LogP contribution in [0.2, 0.25) is 0 Å². The van der Waals surface area contributed by atoms with Gasteiger partial charge in [0.05, 0.1) is 16.8 Å². The van der Waals surface area contributed by atoms with Gasteiger partial charge in [0.25, 0.3) is 5.91 Å². The highest BCUT2D eigenvalue weighted by Crippen LogP contribution is 2.24. The summed E-state index contributed by atoms with van der Waals surface area (Å²) < 4.78 is 0. The van der Waals surface area contributed by atoms with Crippen molar-refractivity contribution < 1.29 is 9.59 Å². The molecule has 1 saturated heterocycles. The van der Waals surface area contributed by atoms with Crippen LogP contribution in [0.1, 0.15) is 29.6 Å². The molecule has 2 aromatic carbocycles. The van der Waals surface area contributed by atoms with Crippen molar-refractivity contribution in [2.24, 2.45) is 0 Å². The van der Waals surface area contributed by atoms with Crippen molar-refractivity contribution >= 4 is 22.7 Å². The average Bonchev–Trinajstić information content (AvgIpc) is 2.72. The number of nitrogens with zero attached hydrogens (tertiary/aromatic N) is 1. The van der Waals surface area contributed by atoms with Gasteiger partial charge in [-0.3, -0.25) is 9.59 Å². The first-order chi connectivity index (χ1) is 13.2. The van der Waals surface area contributed by atoms with Gasteiger partial charge in [-0.05, 0) is 25.0 Å². The Kier molecular flexibility index (Phi) is 4.83. The number of fused-ring (bicyclic) bond motifs is 1. The van der Waals surface area contributed by atoms with Gasteiger partial charge in [-0.25, -0.2) is 4.98 Å². The number of hydrogen-bond acceptors (Lipinski definition) is 3. The lowest BCUT2D eigenvalue weighted by molar-refractivity contribution is -0.123. The molecule has 0 radical (unpaired) electrons. The number of carbonyl (C=O) groups excluding carboxylic acids is 2. The number of benzene rings is 2. The Morgan fingerprint density at radius 1 is 1.11 bits per heavy atom. The first kappa shape index (κ1) is 17.2. The molecule has 1 aliphatic rings. The fraction of sp³-hybridized carbons (Fsp3) is 0.227. The maximum atomic E-state index is 12.9. The van der Waals surface area contributed by atoms with Gasteiger partial charge < -0.3 is 10.6 Å². The minimum atomic E-state index is -0.148. The zero-order valence-electron chi connectivity index (χ0n) is 14.9. The second-order valence-electron chi connectivity index (χ2n) is 6.80. The third-order valence-corrected chi connectivity index (χ3v) is 4.86. The molecular formula is C22H21N3O2. The number of carbonyl (C=O) groups is 2. The Balaban J connectivity index is 1.63. The Labute approximate surface area is 157 Å². The summed E-state index contributed by atoms with van der Waals surface area (Å²) >= 11 is 0. The second-order valence-corrected chi connectivity index (χ2v) is 6.80. The van der Waals surface area contributed by atoms with Crippen LogP contribution in [0.15, 0.2) is 60.7 Å². The van der Waals surface area contributed by atoms with Crippen molar-refractivity contribution in [3.8, 4) is 11.3 Å². The highest BCUT2D eigenvalue weighted by atomic mass is 16.2. The van der Waals surface area contributed by atoms with E-state index in [1.54, 1.807) is 0 Å². The Hall–Kier alpha value is -3.21. The van der Waals surface area contributed by atoms with Crippen LogP contribution in [-0.2, 0) is 4.79 Å². The van der Waals surface area contributed by atoms with E-state index in [1.165, 1.54) is 0 Å². The fourth-order valence-electron chi connectivity index (χ4n) is 3.47. The molecule has 0 bridgehead atoms. The number of hydrogen-bond donors (Lipinski definition) is 2. The van der Waals surface area contributed by atoms with E-state index in [2.05, 4.69) is 10.6 Å². The van der Waals surface area contributed by atoms with Gasteiger partial charge in [-0.2, -0.15) is 0 Å². The molecule has 1 aliphatic heterocycles. The molecule has 1 aromatic heterocycles. The molecule has 2 amide bonds. The molecule has 1 atom stereocenters. The Bertz CT molecular complexity index is 985. The van der Waals surface area contributed by atoms with Crippen LogP contribution in [0.5, 0.6) is 0 Å². The van der Waals surface area contributed by atoms with Crippen LogP contribution in [-0.4, -0.2) is 29.4 Å². The van der Waals surface area contributed by atoms with E-state index in [1.807, 2.05) is 60.7 Å². The molecule has 2 N–H and O–H groups in total. The number of para-hydroxylation sites is 1. The van der Waals surface area contributed by atoms with E-state index in [0.717, 1.165) is 35.0 Å². The van der Waals surface area contributed by atoms with E-state index >= 15 is 0 Å². The quantitative estimate of drug-likeness (QED) is 0.751. The Morgan fingerprint density at radius 2 is 1.89 bits per heavy atom. The molecule has 0 aliphatic carbocycles. The lowest BCUT2D eigenvalue weighted by atomic mass is 10.0. The number of piperidine rings is 1. The third kappa shape index (κ3) is 3.82. The van der Waals surface area contributed by atoms with Crippen LogP contribution >= 0.6 is 0 Å². The molecule has 2 heterocycles. The first-order valence-corrected chi connectivity index (χ1v) is 9.23. The molecule has 1 fully saturated rings. The van der Waals surface area contributed by atoms with Gasteiger partial charge >= 0.3 is 0 Å². The van der Waals surface area contributed by atoms with Crippen molar-refractivity contribution in [3.05, 3.63) is 66.2 Å². The number of rotatable bonds is 4. The summed E-state index contributed by atoms with van der Waals surface area (Å²) in [5.74, 6) is -0.0909. The number of amides is 2. The van der Waals surface area contributed by atoms with Gasteiger partial charge in [-0.15, -0.1) is 0 Å². The third-order valence-electron chi connectivity index (χ3n) is 4.86. The number of aromatic nitrogens is 1. The highest BCUT2D eigenvalue weighted by Gasteiger charge is 2.20. The van der Waals surface area contributed by atoms with Gasteiger partial charge in [0.15, 0.2) is 0 Å². The van der Waals surface area contributed by atoms with Crippen molar-refractivity contribution in [1.82, 2.24) is 15.6 Å². The SMILES string of the molecule is O=C1CCC[C@H](CNC(=O)c2cc(-c3ccccc3)nc3ccccc23)N1. The van der Waals surface area contributed by atoms with E-state index in [9.17, 15) is 9.59 Å². The van der Waals surface area contributed by atoms with Crippen molar-refractivity contribution in [1.29, 1.82) is 0 Å². The zero-order valence-corrected chi connectivity index (χ0v) is 14.9. The van der Waals surface area contributed by atoms with Crippen molar-refractivity contribution in [2.75, 3.05) is 6.54 Å². The predicted molar refractivity (Wildman–Crippen MR) is 105 cm³/mol. The van der Waals surface area contributed by atoms with Crippen LogP contribution in [0.3, 0.4) is 0 Å². The van der Waals surface area contributed by atoms with E-state index in [-0.39, 0.29) is 17.9 Å². The Morgan fingerprint density at radius 3 is 2.70 bits per heavy atom. The van der Waals surface area contributed by atoms with Crippen molar-refractivity contribution in [3.63, 3.8) is 0 Å². The van der Waals surface area contributed by atoms with Crippen LogP contribution in [0.25, 0.3) is 22.2 Å². The maximum Gasteiger partial charge on any atom is 0.252 e. The summed E-state index contributed by atoms with van der Waals surface area (Å²) in [5, 5.41) is 6.73. The smallest absolute Gasteiger partial charge is 0.252 e. The lowest BCUT2D eigenvalue weighted by Crippen LogP contribution is -2.46. The van der Waals surface area contributed by atoms with Gasteiger partial charge in [0, 0.05) is 30.0 Å². The minimum Gasteiger partial charge on any atom is -0.352 e. The standard InChI is InChI=1S/C22H21N3O2/c26-21-12-6-9-16(24-21)14-23-22(27)18-13-20(15-7-2-1-3-8-15)25-19-11-5-4-10-17(18)19/h1-5,7-8,10-11,13,16H,6,9,12,14H2,(H,23,27)(H,24,26)/t16-/m1/s1. The first-order valence-electron chi connectivity index (χ1n) is 9.23. The largest absolute Gasteiger partial charge is 0.352 e. The monoisotopic (exact) mass is 359 g/mol. The average molecular weight is 359 g/mol. The lowest BCUT2D eigenvalue weighted by Gasteiger charge is -2.23. The molecular weight excluding hydrogens is 338 g/mol. The van der Waals surface area contributed by atoms with Crippen LogP contribution in [0, 0.1) is 0 Å². The molecule has 0 spiro atoms. The van der Waals surface area contributed by atoms with Crippen LogP contribution < -0.4 is 10.6 Å². The minimum absolute atomic E-state index is 0.00287. The zero-order chi connectivity index (χ0) is 18.6. The summed E-state index contributed by atoms with van der Waals surface area (Å²) in [6.45, 7) is 0.432. The van der Waals surface area contributed by atoms with Gasteiger partial charge in [0.2, 0.25) is 5.91 Å². The van der Waals surface area contributed by atoms with E-state index in [0.29, 0.717) is 18.5 Å². The molecule has 0 unspecified atom stereocenters. The molecule has 136 valence electrons. The second kappa shape index (κ2) is 7.58. The molecule has 5 nitrogen and oxygen atoms in total. The number of pyridine rings is 1. The summed E-state index contributed by atoms with van der Waals surface area (Å²) in [6.07, 6.45) is 2.32. The van der Waals surface area contributed by atoms with Crippen LogP contribution in [0.4, 0.5) is 0 Å². The molecule has 4 rings (SSSR count). The van der Waals surface area contributed by atoms with E-state index < -0.39 is 0 Å². The maximum absolute atomic E-state index is 12.9. The summed E-state index contributed by atoms with van der Waals surface area (Å²) in [5.41, 5.74) is 3.12. The van der Waals surface area contributed by atoms with Gasteiger partial charge in [-0.1, -0.05) is 48.5 Å². The topological polar surface area (TPSA) is 71.1 Å². The molecule has 0 saturated carbocycles. The molecule has 5 heteroatoms. The number of nitrogens with one attached hydrogen (secondary N) is 2. The summed E-state index contributed by atoms with van der Waals surface area (Å²) in [6, 6.07) is 19.3. The fourth-order valence-corrected chi connectivity index (χ4v) is 3.47. The summed E-state index contributed by atoms with van der Waals surface area (Å²) in [4.78, 5) is 29.2. The summed E-state index contributed by atoms with van der Waals surface area (Å²) in [7, 11) is 0. The predicted octanol–water partition coefficient (Wildman–Crippen LogP) is 3.30. The van der Waals surface area contributed by atoms with E-state index in [4.69, 9.17) is 4.98 Å². The van der Waals surface area contributed by atoms with Crippen molar-refractivity contribution in [2.45, 2.75) is 25.3 Å². The molecule has 3 aromatic rings. The molecule has 27 heavy (non-hydrogen) atoms.